The van der Waals surface area contributed by atoms with Gasteiger partial charge in [0.05, 0.1) is 0 Å². The zero-order valence-electron chi connectivity index (χ0n) is 13.4. The minimum atomic E-state index is -0.510. The van der Waals surface area contributed by atoms with Crippen molar-refractivity contribution in [1.29, 1.82) is 0 Å². The predicted molar refractivity (Wildman–Crippen MR) is 85.5 cm³/mol. The monoisotopic (exact) mass is 297 g/mol. The molecule has 1 rings (SSSR count). The molecule has 1 atom stereocenters. The van der Waals surface area contributed by atoms with E-state index in [1.54, 1.807) is 6.07 Å². The lowest BCUT2D eigenvalue weighted by Crippen LogP contribution is -2.27. The summed E-state index contributed by atoms with van der Waals surface area (Å²) in [6, 6.07) is 4.12. The molecule has 1 unspecified atom stereocenters. The average Bonchev–Trinajstić information content (AvgIpc) is 2.47. The van der Waals surface area contributed by atoms with Crippen LogP contribution in [0.3, 0.4) is 0 Å². The second-order valence-electron chi connectivity index (χ2n) is 5.84. The third kappa shape index (κ3) is 7.56. The van der Waals surface area contributed by atoms with Gasteiger partial charge in [0.25, 0.3) is 0 Å². The van der Waals surface area contributed by atoms with Gasteiger partial charge in [-0.15, -0.1) is 0 Å². The summed E-state index contributed by atoms with van der Waals surface area (Å²) in [6.07, 6.45) is 10.7. The zero-order chi connectivity index (χ0) is 15.5. The standard InChI is InChI=1S/C18H29F2N/c1-3-4-5-6-7-8-9-10-17(21-2)13-15-11-12-16(19)14-18(15)20/h11-12,14,17,21H,3-10,13H2,1-2H3. The molecular formula is C18H29F2N. The van der Waals surface area contributed by atoms with Gasteiger partial charge in [0.1, 0.15) is 11.6 Å². The van der Waals surface area contributed by atoms with Gasteiger partial charge in [-0.25, -0.2) is 8.78 Å². The fourth-order valence-corrected chi connectivity index (χ4v) is 2.65. The van der Waals surface area contributed by atoms with Crippen LogP contribution in [-0.4, -0.2) is 13.1 Å². The predicted octanol–water partition coefficient (Wildman–Crippen LogP) is 5.24. The van der Waals surface area contributed by atoms with E-state index in [-0.39, 0.29) is 6.04 Å². The number of likely N-dealkylation sites (N-methyl/N-ethyl adjacent to an activating group) is 1. The molecule has 1 aromatic carbocycles. The van der Waals surface area contributed by atoms with Crippen molar-refractivity contribution in [3.8, 4) is 0 Å². The normalized spacial score (nSPS) is 12.6. The maximum atomic E-state index is 13.6. The summed E-state index contributed by atoms with van der Waals surface area (Å²) in [5.74, 6) is -0.945. The largest absolute Gasteiger partial charge is 0.317 e. The smallest absolute Gasteiger partial charge is 0.129 e. The quantitative estimate of drug-likeness (QED) is 0.551. The summed E-state index contributed by atoms with van der Waals surface area (Å²) in [7, 11) is 1.91. The molecule has 0 aliphatic carbocycles. The molecule has 1 nitrogen and oxygen atoms in total. The zero-order valence-corrected chi connectivity index (χ0v) is 13.4. The van der Waals surface area contributed by atoms with E-state index in [2.05, 4.69) is 12.2 Å². The van der Waals surface area contributed by atoms with Crippen molar-refractivity contribution >= 4 is 0 Å². The van der Waals surface area contributed by atoms with Gasteiger partial charge < -0.3 is 5.32 Å². The second-order valence-corrected chi connectivity index (χ2v) is 5.84. The van der Waals surface area contributed by atoms with E-state index in [1.165, 1.54) is 51.0 Å². The molecule has 0 aromatic heterocycles. The van der Waals surface area contributed by atoms with E-state index in [9.17, 15) is 8.78 Å². The highest BCUT2D eigenvalue weighted by Crippen LogP contribution is 2.15. The van der Waals surface area contributed by atoms with E-state index in [0.717, 1.165) is 12.5 Å². The van der Waals surface area contributed by atoms with Crippen LogP contribution in [0.4, 0.5) is 8.78 Å². The summed E-state index contributed by atoms with van der Waals surface area (Å²) in [4.78, 5) is 0. The Morgan fingerprint density at radius 3 is 2.29 bits per heavy atom. The highest BCUT2D eigenvalue weighted by Gasteiger charge is 2.11. The maximum absolute atomic E-state index is 13.6. The lowest BCUT2D eigenvalue weighted by molar-refractivity contribution is 0.469. The van der Waals surface area contributed by atoms with E-state index in [0.29, 0.717) is 12.0 Å². The Balaban J connectivity index is 2.25. The van der Waals surface area contributed by atoms with Gasteiger partial charge in [-0.05, 0) is 31.5 Å². The molecule has 0 saturated carbocycles. The van der Waals surface area contributed by atoms with Crippen molar-refractivity contribution < 1.29 is 8.78 Å². The molecule has 0 saturated heterocycles. The van der Waals surface area contributed by atoms with Crippen molar-refractivity contribution in [2.75, 3.05) is 7.05 Å². The summed E-state index contributed by atoms with van der Waals surface area (Å²) >= 11 is 0. The molecule has 0 bridgehead atoms. The van der Waals surface area contributed by atoms with E-state index in [1.807, 2.05) is 7.05 Å². The first-order valence-electron chi connectivity index (χ1n) is 8.28. The van der Waals surface area contributed by atoms with Crippen LogP contribution in [0, 0.1) is 11.6 Å². The first kappa shape index (κ1) is 18.1. The number of hydrogen-bond acceptors (Lipinski definition) is 1. The van der Waals surface area contributed by atoms with Crippen LogP contribution in [0.25, 0.3) is 0 Å². The van der Waals surface area contributed by atoms with Crippen molar-refractivity contribution in [2.24, 2.45) is 0 Å². The highest BCUT2D eigenvalue weighted by molar-refractivity contribution is 5.19. The Morgan fingerprint density at radius 1 is 1.00 bits per heavy atom. The summed E-state index contributed by atoms with van der Waals surface area (Å²) < 4.78 is 26.5. The van der Waals surface area contributed by atoms with Gasteiger partial charge >= 0.3 is 0 Å². The molecule has 0 fully saturated rings. The first-order valence-corrected chi connectivity index (χ1v) is 8.28. The van der Waals surface area contributed by atoms with E-state index < -0.39 is 11.6 Å². The van der Waals surface area contributed by atoms with Crippen LogP contribution in [-0.2, 0) is 6.42 Å². The van der Waals surface area contributed by atoms with Crippen LogP contribution in [0.2, 0.25) is 0 Å². The van der Waals surface area contributed by atoms with Crippen molar-refractivity contribution in [1.82, 2.24) is 5.32 Å². The number of unbranched alkanes of at least 4 members (excludes halogenated alkanes) is 6. The Kier molecular flexibility index (Phi) is 9.24. The lowest BCUT2D eigenvalue weighted by Gasteiger charge is -2.16. The van der Waals surface area contributed by atoms with Crippen LogP contribution in [0.5, 0.6) is 0 Å². The molecule has 0 spiro atoms. The third-order valence-corrected chi connectivity index (χ3v) is 4.05. The Morgan fingerprint density at radius 2 is 1.67 bits per heavy atom. The topological polar surface area (TPSA) is 12.0 Å². The van der Waals surface area contributed by atoms with Crippen molar-refractivity contribution in [2.45, 2.75) is 70.8 Å². The van der Waals surface area contributed by atoms with Gasteiger partial charge in [-0.3, -0.25) is 0 Å². The second kappa shape index (κ2) is 10.7. The van der Waals surface area contributed by atoms with Gasteiger partial charge in [0, 0.05) is 12.1 Å². The van der Waals surface area contributed by atoms with Crippen molar-refractivity contribution in [3.63, 3.8) is 0 Å². The summed E-state index contributed by atoms with van der Waals surface area (Å²) in [5.41, 5.74) is 0.596. The Labute approximate surface area is 128 Å². The molecule has 1 aromatic rings. The van der Waals surface area contributed by atoms with Crippen LogP contribution in [0.1, 0.15) is 63.9 Å². The number of benzene rings is 1. The van der Waals surface area contributed by atoms with Crippen LogP contribution >= 0.6 is 0 Å². The highest BCUT2D eigenvalue weighted by atomic mass is 19.1. The van der Waals surface area contributed by atoms with Gasteiger partial charge in [-0.2, -0.15) is 0 Å². The van der Waals surface area contributed by atoms with Crippen LogP contribution < -0.4 is 5.32 Å². The Hall–Kier alpha value is -0.960. The number of hydrogen-bond donors (Lipinski definition) is 1. The molecule has 0 amide bonds. The fraction of sp³-hybridized carbons (Fsp3) is 0.667. The molecule has 120 valence electrons. The maximum Gasteiger partial charge on any atom is 0.129 e. The molecule has 0 heterocycles. The SMILES string of the molecule is CCCCCCCCCC(Cc1ccc(F)cc1F)NC. The molecule has 21 heavy (non-hydrogen) atoms. The van der Waals surface area contributed by atoms with Crippen LogP contribution in [0.15, 0.2) is 18.2 Å². The average molecular weight is 297 g/mol. The molecular weight excluding hydrogens is 268 g/mol. The summed E-state index contributed by atoms with van der Waals surface area (Å²) in [6.45, 7) is 2.23. The first-order chi connectivity index (χ1) is 10.2. The third-order valence-electron chi connectivity index (χ3n) is 4.05. The minimum absolute atomic E-state index is 0.264. The number of halogens is 2. The Bertz CT molecular complexity index is 393. The van der Waals surface area contributed by atoms with Crippen molar-refractivity contribution in [3.05, 3.63) is 35.4 Å². The fourth-order valence-electron chi connectivity index (χ4n) is 2.65. The van der Waals surface area contributed by atoms with E-state index in [4.69, 9.17) is 0 Å². The molecule has 3 heteroatoms. The van der Waals surface area contributed by atoms with Gasteiger partial charge in [0.15, 0.2) is 0 Å². The van der Waals surface area contributed by atoms with E-state index >= 15 is 0 Å². The molecule has 0 radical (unpaired) electrons. The van der Waals surface area contributed by atoms with Gasteiger partial charge in [0.2, 0.25) is 0 Å². The van der Waals surface area contributed by atoms with Gasteiger partial charge in [-0.1, -0.05) is 57.9 Å². The molecule has 0 aliphatic rings. The molecule has 0 aliphatic heterocycles. The lowest BCUT2D eigenvalue weighted by atomic mass is 9.99. The summed E-state index contributed by atoms with van der Waals surface area (Å²) in [5, 5.41) is 3.24. The number of rotatable bonds is 11. The molecule has 1 N–H and O–H groups in total. The minimum Gasteiger partial charge on any atom is -0.317 e. The number of nitrogens with one attached hydrogen (secondary N) is 1.